The Morgan fingerprint density at radius 1 is 1.33 bits per heavy atom. The van der Waals surface area contributed by atoms with E-state index < -0.39 is 12.0 Å². The van der Waals surface area contributed by atoms with E-state index in [1.807, 2.05) is 36.6 Å². The third-order valence-electron chi connectivity index (χ3n) is 3.72. The fraction of sp³-hybridized carbons (Fsp3) is 0.235. The topological polar surface area (TPSA) is 75.1 Å². The van der Waals surface area contributed by atoms with E-state index in [0.29, 0.717) is 23.1 Å². The monoisotopic (exact) mass is 361 g/mol. The van der Waals surface area contributed by atoms with Crippen LogP contribution in [0.3, 0.4) is 0 Å². The predicted octanol–water partition coefficient (Wildman–Crippen LogP) is 4.60. The van der Waals surface area contributed by atoms with Crippen LogP contribution < -0.4 is 5.32 Å². The van der Waals surface area contributed by atoms with Gasteiger partial charge in [-0.1, -0.05) is 30.7 Å². The van der Waals surface area contributed by atoms with E-state index in [9.17, 15) is 9.90 Å². The number of nitrogens with zero attached hydrogens (tertiary/aromatic N) is 2. The highest BCUT2D eigenvalue weighted by molar-refractivity contribution is 7.17. The number of aromatic nitrogens is 2. The van der Waals surface area contributed by atoms with Crippen molar-refractivity contribution in [3.05, 3.63) is 40.5 Å². The van der Waals surface area contributed by atoms with Gasteiger partial charge in [0.25, 0.3) is 0 Å². The van der Waals surface area contributed by atoms with Gasteiger partial charge in [0.05, 0.1) is 5.39 Å². The molecular formula is C17H16ClN3O2S. The van der Waals surface area contributed by atoms with Crippen molar-refractivity contribution in [3.8, 4) is 11.1 Å². The highest BCUT2D eigenvalue weighted by atomic mass is 35.5. The van der Waals surface area contributed by atoms with E-state index in [1.54, 1.807) is 6.92 Å². The fourth-order valence-corrected chi connectivity index (χ4v) is 3.62. The molecular weight excluding hydrogens is 346 g/mol. The first kappa shape index (κ1) is 16.7. The lowest BCUT2D eigenvalue weighted by Crippen LogP contribution is -2.29. The number of carbonyl (C=O) groups is 1. The Morgan fingerprint density at radius 3 is 2.67 bits per heavy atom. The smallest absolute Gasteiger partial charge is 0.326 e. The van der Waals surface area contributed by atoms with E-state index >= 15 is 0 Å². The molecule has 0 saturated heterocycles. The van der Waals surface area contributed by atoms with Crippen molar-refractivity contribution in [2.24, 2.45) is 0 Å². The van der Waals surface area contributed by atoms with Crippen molar-refractivity contribution in [1.82, 2.24) is 9.97 Å². The van der Waals surface area contributed by atoms with E-state index in [1.165, 1.54) is 11.3 Å². The average Bonchev–Trinajstić information content (AvgIpc) is 2.96. The van der Waals surface area contributed by atoms with Crippen LogP contribution in [-0.4, -0.2) is 27.1 Å². The van der Waals surface area contributed by atoms with Crippen molar-refractivity contribution in [3.63, 3.8) is 0 Å². The van der Waals surface area contributed by atoms with Gasteiger partial charge in [-0.2, -0.15) is 0 Å². The van der Waals surface area contributed by atoms with Crippen LogP contribution in [0.5, 0.6) is 0 Å². The number of benzene rings is 1. The molecule has 0 radical (unpaired) electrons. The fourth-order valence-electron chi connectivity index (χ4n) is 2.50. The van der Waals surface area contributed by atoms with Crippen LogP contribution in [0.15, 0.2) is 29.6 Å². The molecule has 1 unspecified atom stereocenters. The van der Waals surface area contributed by atoms with Gasteiger partial charge in [-0.25, -0.2) is 14.8 Å². The number of carboxylic acid groups (broad SMARTS) is 1. The molecule has 124 valence electrons. The van der Waals surface area contributed by atoms with E-state index in [2.05, 4.69) is 15.3 Å². The van der Waals surface area contributed by atoms with Crippen LogP contribution in [0.2, 0.25) is 5.02 Å². The molecule has 5 nitrogen and oxygen atoms in total. The molecule has 1 atom stereocenters. The molecule has 3 rings (SSSR count). The molecule has 2 heterocycles. The van der Waals surface area contributed by atoms with Crippen molar-refractivity contribution in [1.29, 1.82) is 0 Å². The van der Waals surface area contributed by atoms with Crippen molar-refractivity contribution in [2.45, 2.75) is 26.3 Å². The molecule has 3 aromatic rings. The van der Waals surface area contributed by atoms with Gasteiger partial charge in [-0.05, 0) is 31.0 Å². The number of aryl methyl sites for hydroxylation is 1. The van der Waals surface area contributed by atoms with Gasteiger partial charge >= 0.3 is 5.97 Å². The van der Waals surface area contributed by atoms with Crippen molar-refractivity contribution < 1.29 is 9.90 Å². The summed E-state index contributed by atoms with van der Waals surface area (Å²) in [6.07, 6.45) is 0.459. The quantitative estimate of drug-likeness (QED) is 0.694. The summed E-state index contributed by atoms with van der Waals surface area (Å²) in [5.41, 5.74) is 1.96. The second-order valence-corrected chi connectivity index (χ2v) is 6.69. The molecule has 0 aliphatic rings. The summed E-state index contributed by atoms with van der Waals surface area (Å²) < 4.78 is 0. The first-order valence-electron chi connectivity index (χ1n) is 7.50. The summed E-state index contributed by atoms with van der Waals surface area (Å²) in [6, 6.07) is 6.83. The third kappa shape index (κ3) is 3.20. The Morgan fingerprint density at radius 2 is 2.04 bits per heavy atom. The van der Waals surface area contributed by atoms with Crippen LogP contribution >= 0.6 is 22.9 Å². The molecule has 2 aromatic heterocycles. The molecule has 0 aliphatic heterocycles. The van der Waals surface area contributed by atoms with Gasteiger partial charge in [-0.3, -0.25) is 0 Å². The van der Waals surface area contributed by atoms with Gasteiger partial charge in [0.15, 0.2) is 0 Å². The molecule has 0 bridgehead atoms. The maximum Gasteiger partial charge on any atom is 0.326 e. The highest BCUT2D eigenvalue weighted by Crippen LogP contribution is 2.37. The molecule has 2 N–H and O–H groups in total. The molecule has 0 saturated carbocycles. The van der Waals surface area contributed by atoms with E-state index in [0.717, 1.165) is 21.3 Å². The number of nitrogens with one attached hydrogen (secondary N) is 1. The lowest BCUT2D eigenvalue weighted by molar-refractivity contribution is -0.137. The number of fused-ring (bicyclic) bond motifs is 1. The molecule has 7 heteroatoms. The number of halogens is 1. The Kier molecular flexibility index (Phi) is 4.69. The molecule has 0 amide bonds. The number of rotatable bonds is 5. The predicted molar refractivity (Wildman–Crippen MR) is 97.9 cm³/mol. The minimum absolute atomic E-state index is 0.459. The van der Waals surface area contributed by atoms with Crippen LogP contribution in [0.1, 0.15) is 19.2 Å². The second kappa shape index (κ2) is 6.75. The number of thiophene rings is 1. The normalized spacial score (nSPS) is 12.3. The molecule has 24 heavy (non-hydrogen) atoms. The minimum atomic E-state index is -0.898. The largest absolute Gasteiger partial charge is 0.480 e. The second-order valence-electron chi connectivity index (χ2n) is 5.40. The first-order chi connectivity index (χ1) is 11.5. The van der Waals surface area contributed by atoms with Crippen molar-refractivity contribution in [2.75, 3.05) is 5.32 Å². The van der Waals surface area contributed by atoms with Crippen LogP contribution in [-0.2, 0) is 4.79 Å². The SMILES string of the molecule is CCC(Nc1nc(C)nc2scc(-c3ccc(Cl)cc3)c12)C(=O)O. The zero-order chi connectivity index (χ0) is 17.3. The van der Waals surface area contributed by atoms with Gasteiger partial charge in [0.1, 0.15) is 22.5 Å². The van der Waals surface area contributed by atoms with Gasteiger partial charge in [0.2, 0.25) is 0 Å². The Bertz CT molecular complexity index is 893. The number of hydrogen-bond acceptors (Lipinski definition) is 5. The van der Waals surface area contributed by atoms with E-state index in [-0.39, 0.29) is 0 Å². The number of hydrogen-bond donors (Lipinski definition) is 2. The summed E-state index contributed by atoms with van der Waals surface area (Å²) in [6.45, 7) is 3.62. The lowest BCUT2D eigenvalue weighted by atomic mass is 10.1. The third-order valence-corrected chi connectivity index (χ3v) is 4.84. The summed E-state index contributed by atoms with van der Waals surface area (Å²) in [5, 5.41) is 15.9. The van der Waals surface area contributed by atoms with Crippen LogP contribution in [0, 0.1) is 6.92 Å². The number of carboxylic acids is 1. The van der Waals surface area contributed by atoms with Gasteiger partial charge in [0, 0.05) is 16.0 Å². The molecule has 1 aromatic carbocycles. The van der Waals surface area contributed by atoms with Crippen LogP contribution in [0.4, 0.5) is 5.82 Å². The number of aliphatic carboxylic acids is 1. The number of anilines is 1. The Hall–Kier alpha value is -2.18. The van der Waals surface area contributed by atoms with Crippen LogP contribution in [0.25, 0.3) is 21.3 Å². The van der Waals surface area contributed by atoms with Crippen molar-refractivity contribution >= 4 is 44.9 Å². The maximum absolute atomic E-state index is 11.4. The summed E-state index contributed by atoms with van der Waals surface area (Å²) >= 11 is 7.48. The highest BCUT2D eigenvalue weighted by Gasteiger charge is 2.20. The average molecular weight is 362 g/mol. The summed E-state index contributed by atoms with van der Waals surface area (Å²) in [5.74, 6) is 0.262. The Labute approximate surface area is 148 Å². The lowest BCUT2D eigenvalue weighted by Gasteiger charge is -2.15. The first-order valence-corrected chi connectivity index (χ1v) is 8.76. The summed E-state index contributed by atoms with van der Waals surface area (Å²) in [4.78, 5) is 21.1. The maximum atomic E-state index is 11.4. The minimum Gasteiger partial charge on any atom is -0.480 e. The standard InChI is InChI=1S/C17H16ClN3O2S/c1-3-13(17(22)23)21-15-14-12(10-4-6-11(18)7-5-10)8-24-16(14)20-9(2)19-15/h4-8,13H,3H2,1-2H3,(H,22,23)(H,19,20,21). The van der Waals surface area contributed by atoms with Gasteiger partial charge < -0.3 is 10.4 Å². The molecule has 0 fully saturated rings. The van der Waals surface area contributed by atoms with Gasteiger partial charge in [-0.15, -0.1) is 11.3 Å². The van der Waals surface area contributed by atoms with E-state index in [4.69, 9.17) is 11.6 Å². The Balaban J connectivity index is 2.15. The zero-order valence-corrected chi connectivity index (χ0v) is 14.8. The molecule has 0 aliphatic carbocycles. The molecule has 0 spiro atoms. The zero-order valence-electron chi connectivity index (χ0n) is 13.2. The summed E-state index contributed by atoms with van der Waals surface area (Å²) in [7, 11) is 0.